The van der Waals surface area contributed by atoms with Gasteiger partial charge in [-0.3, -0.25) is 15.0 Å². The van der Waals surface area contributed by atoms with E-state index in [0.29, 0.717) is 18.8 Å². The van der Waals surface area contributed by atoms with Gasteiger partial charge in [-0.25, -0.2) is 4.48 Å². The molecule has 0 spiro atoms. The summed E-state index contributed by atoms with van der Waals surface area (Å²) >= 11 is 1.82. The average Bonchev–Trinajstić information content (AvgIpc) is 3.43. The second kappa shape index (κ2) is 14.4. The van der Waals surface area contributed by atoms with E-state index in [9.17, 15) is 10.1 Å². The third-order valence-corrected chi connectivity index (χ3v) is 10.4. The van der Waals surface area contributed by atoms with Crippen LogP contribution in [0, 0.1) is 10.1 Å². The molecule has 0 saturated carbocycles. The molecule has 0 amide bonds. The van der Waals surface area contributed by atoms with E-state index in [1.54, 1.807) is 12.1 Å². The monoisotopic (exact) mass is 659 g/mol. The Morgan fingerprint density at radius 3 is 2.46 bits per heavy atom. The number of rotatable bonds is 12. The zero-order valence-corrected chi connectivity index (χ0v) is 28.2. The lowest BCUT2D eigenvalue weighted by Crippen LogP contribution is -2.54. The van der Waals surface area contributed by atoms with Gasteiger partial charge in [0.15, 0.2) is 0 Å². The van der Waals surface area contributed by atoms with Gasteiger partial charge in [0.1, 0.15) is 0 Å². The fourth-order valence-corrected chi connectivity index (χ4v) is 7.98. The molecule has 4 aromatic rings. The maximum Gasteiger partial charge on any atom is 0.330 e. The van der Waals surface area contributed by atoms with Crippen molar-refractivity contribution in [2.75, 3.05) is 43.0 Å². The molecule has 2 aliphatic heterocycles. The molecule has 11 heteroatoms. The van der Waals surface area contributed by atoms with Crippen molar-refractivity contribution in [3.8, 4) is 0 Å². The summed E-state index contributed by atoms with van der Waals surface area (Å²) in [6.07, 6.45) is 5.32. The Morgan fingerprint density at radius 1 is 1.02 bits per heavy atom. The minimum absolute atomic E-state index is 0.0565. The number of nitrogens with one attached hydrogen (secondary N) is 1. The molecular weight excluding hydrogens is 621 g/mol. The van der Waals surface area contributed by atoms with E-state index in [1.807, 2.05) is 36.0 Å². The summed E-state index contributed by atoms with van der Waals surface area (Å²) in [5, 5.41) is 20.0. The number of thioether (sulfide) groups is 1. The number of nitrogens with zero attached hydrogens (tertiary/aromatic N) is 7. The zero-order chi connectivity index (χ0) is 33.7. The van der Waals surface area contributed by atoms with Gasteiger partial charge in [-0.05, 0) is 67.0 Å². The Hall–Kier alpha value is -5.06. The maximum absolute atomic E-state index is 12.8. The normalized spacial score (nSPS) is 17.3. The van der Waals surface area contributed by atoms with Crippen LogP contribution >= 0.6 is 11.8 Å². The minimum atomic E-state index is -0.360. The van der Waals surface area contributed by atoms with Gasteiger partial charge in [0.2, 0.25) is 11.5 Å². The van der Waals surface area contributed by atoms with Crippen LogP contribution in [0.1, 0.15) is 25.8 Å². The molecule has 2 aliphatic rings. The molecule has 48 heavy (non-hydrogen) atoms. The zero-order valence-electron chi connectivity index (χ0n) is 27.4. The summed E-state index contributed by atoms with van der Waals surface area (Å²) in [4.78, 5) is 21.1. The van der Waals surface area contributed by atoms with E-state index in [0.717, 1.165) is 47.8 Å². The summed E-state index contributed by atoms with van der Waals surface area (Å²) in [5.41, 5.74) is 15.1. The predicted octanol–water partition coefficient (Wildman–Crippen LogP) is 9.51. The number of hydrogen-bond acceptors (Lipinski definition) is 7. The van der Waals surface area contributed by atoms with Crippen molar-refractivity contribution in [2.45, 2.75) is 30.5 Å². The van der Waals surface area contributed by atoms with Gasteiger partial charge in [-0.15, -0.1) is 0 Å². The number of nitro benzene ring substituents is 1. The number of anilines is 3. The van der Waals surface area contributed by atoms with Crippen molar-refractivity contribution in [3.63, 3.8) is 0 Å². The van der Waals surface area contributed by atoms with E-state index in [2.05, 4.69) is 113 Å². The lowest BCUT2D eigenvalue weighted by molar-refractivity contribution is -0.384. The molecule has 0 fully saturated rings. The summed E-state index contributed by atoms with van der Waals surface area (Å²) < 4.78 is 0.201. The molecule has 0 radical (unpaired) electrons. The molecule has 2 atom stereocenters. The molecule has 0 aliphatic carbocycles. The quantitative estimate of drug-likeness (QED) is 0.0309. The van der Waals surface area contributed by atoms with Gasteiger partial charge in [0.25, 0.3) is 0 Å². The van der Waals surface area contributed by atoms with Crippen LogP contribution in [0.2, 0.25) is 0 Å². The largest absolute Gasteiger partial charge is 0.358 e. The highest BCUT2D eigenvalue weighted by molar-refractivity contribution is 8.00. The summed E-state index contributed by atoms with van der Waals surface area (Å²) in [6, 6.07) is 31.9. The molecule has 0 bridgehead atoms. The number of likely N-dealkylation sites (N-methyl/N-ethyl adjacent to an activating group) is 1. The molecule has 244 valence electrons. The van der Waals surface area contributed by atoms with E-state index in [4.69, 9.17) is 5.53 Å². The van der Waals surface area contributed by atoms with Crippen LogP contribution in [-0.2, 0) is 0 Å². The van der Waals surface area contributed by atoms with E-state index in [1.165, 1.54) is 16.6 Å². The van der Waals surface area contributed by atoms with Gasteiger partial charge < -0.3 is 10.2 Å². The number of para-hydroxylation sites is 3. The molecule has 4 aromatic carbocycles. The number of hydrogen-bond donors (Lipinski definition) is 1. The number of azide groups is 1. The molecule has 10 nitrogen and oxygen atoms in total. The van der Waals surface area contributed by atoms with E-state index >= 15 is 0 Å². The first-order valence-electron chi connectivity index (χ1n) is 16.2. The second-order valence-corrected chi connectivity index (χ2v) is 12.9. The molecule has 0 saturated heterocycles. The van der Waals surface area contributed by atoms with Crippen LogP contribution in [0.3, 0.4) is 0 Å². The Morgan fingerprint density at radius 2 is 1.75 bits per heavy atom. The molecule has 1 N–H and O–H groups in total. The maximum atomic E-state index is 12.8. The topological polar surface area (TPSA) is 110 Å². The van der Waals surface area contributed by atoms with Crippen molar-refractivity contribution in [1.82, 2.24) is 9.80 Å². The lowest BCUT2D eigenvalue weighted by atomic mass is 9.96. The molecular formula is C37H39N8O2S+. The van der Waals surface area contributed by atoms with E-state index in [-0.39, 0.29) is 26.2 Å². The average molecular weight is 660 g/mol. The fraction of sp³-hybridized carbons (Fsp3) is 0.243. The Bertz CT molecular complexity index is 1920. The van der Waals surface area contributed by atoms with Crippen LogP contribution in [0.15, 0.2) is 125 Å². The van der Waals surface area contributed by atoms with E-state index < -0.39 is 0 Å². The van der Waals surface area contributed by atoms with Crippen LogP contribution in [0.4, 0.5) is 34.1 Å². The van der Waals surface area contributed by atoms with Crippen molar-refractivity contribution in [3.05, 3.63) is 141 Å². The Kier molecular flexibility index (Phi) is 9.84. The van der Waals surface area contributed by atoms with Crippen molar-refractivity contribution >= 4 is 51.5 Å². The third kappa shape index (κ3) is 6.16. The lowest BCUT2D eigenvalue weighted by Gasteiger charge is -2.45. The van der Waals surface area contributed by atoms with Crippen LogP contribution in [0.5, 0.6) is 0 Å². The highest BCUT2D eigenvalue weighted by Gasteiger charge is 2.45. The first kappa shape index (κ1) is 32.9. The first-order chi connectivity index (χ1) is 23.4. The molecule has 2 unspecified atom stereocenters. The number of benzene rings is 4. The van der Waals surface area contributed by atoms with Crippen molar-refractivity contribution in [2.24, 2.45) is 5.11 Å². The van der Waals surface area contributed by atoms with Crippen molar-refractivity contribution in [1.29, 1.82) is 0 Å². The van der Waals surface area contributed by atoms with Gasteiger partial charge in [-0.2, -0.15) is 0 Å². The standard InChI is InChI=1S/C37H39N8O2S/c1-4-39-22-13-23-45(5-2,34-21-20-28(40-41-38)26-33(34)44(46)47)36-24-27(25-37-42(3)32-18-11-12-19-35(32)48-37)30-16-9-10-17-31(30)43(36)29-14-7-6-8-15-29/h6-12,14-21,24-26,37,39H,4-5,13,22-23H2,1-3H3/q+1. The van der Waals surface area contributed by atoms with Gasteiger partial charge >= 0.3 is 5.69 Å². The second-order valence-electron chi connectivity index (χ2n) is 11.7. The Labute approximate surface area is 285 Å². The Balaban J connectivity index is 1.62. The summed E-state index contributed by atoms with van der Waals surface area (Å²) in [5.74, 6) is 0.910. The highest BCUT2D eigenvalue weighted by atomic mass is 32.2. The highest BCUT2D eigenvalue weighted by Crippen LogP contribution is 2.50. The number of allylic oxidation sites excluding steroid dienone is 2. The first-order valence-corrected chi connectivity index (χ1v) is 17.1. The van der Waals surface area contributed by atoms with Gasteiger partial charge in [-0.1, -0.05) is 72.3 Å². The van der Waals surface area contributed by atoms with Crippen molar-refractivity contribution < 1.29 is 4.92 Å². The third-order valence-electron chi connectivity index (χ3n) is 9.08. The van der Waals surface area contributed by atoms with Crippen LogP contribution < -0.4 is 19.6 Å². The van der Waals surface area contributed by atoms with Crippen LogP contribution in [0.25, 0.3) is 16.0 Å². The van der Waals surface area contributed by atoms with Gasteiger partial charge in [0.05, 0.1) is 40.4 Å². The molecule has 6 rings (SSSR count). The number of nitro groups is 1. The molecule has 0 aromatic heterocycles. The number of fused-ring (bicyclic) bond motifs is 2. The smallest absolute Gasteiger partial charge is 0.330 e. The van der Waals surface area contributed by atoms with Gasteiger partial charge in [0, 0.05) is 59.3 Å². The fourth-order valence-electron chi connectivity index (χ4n) is 6.75. The SMILES string of the molecule is CCNCCC[N+](CC)(C1=CC(=CC2Sc3ccccc3N2C)c2ccccc2N1c1ccccc1)c1ccc(N=[N+]=[N-])cc1[N+](=O)[O-]. The summed E-state index contributed by atoms with van der Waals surface area (Å²) in [7, 11) is 2.12. The number of quaternary nitrogens is 1. The van der Waals surface area contributed by atoms with Crippen LogP contribution in [-0.4, -0.2) is 43.5 Å². The molecule has 2 heterocycles. The predicted molar refractivity (Wildman–Crippen MR) is 198 cm³/mol. The summed E-state index contributed by atoms with van der Waals surface area (Å²) in [6.45, 7) is 6.90. The minimum Gasteiger partial charge on any atom is -0.358 e.